The highest BCUT2D eigenvalue weighted by Gasteiger charge is 2.31. The van der Waals surface area contributed by atoms with E-state index in [-0.39, 0.29) is 0 Å². The van der Waals surface area contributed by atoms with Crippen LogP contribution < -0.4 is 0 Å². The summed E-state index contributed by atoms with van der Waals surface area (Å²) in [4.78, 5) is 15.1. The number of fused-ring (bicyclic) bond motifs is 6. The van der Waals surface area contributed by atoms with Crippen LogP contribution in [0.15, 0.2) is 168 Å². The molecule has 0 fully saturated rings. The van der Waals surface area contributed by atoms with E-state index in [1.54, 1.807) is 6.07 Å². The average Bonchev–Trinajstić information content (AvgIpc) is 3.76. The van der Waals surface area contributed by atoms with Crippen molar-refractivity contribution in [2.75, 3.05) is 0 Å². The van der Waals surface area contributed by atoms with E-state index in [0.717, 1.165) is 55.8 Å². The Morgan fingerprint density at radius 1 is 0.426 bits per heavy atom. The van der Waals surface area contributed by atoms with Crippen LogP contribution in [0, 0.1) is 0 Å². The van der Waals surface area contributed by atoms with Crippen molar-refractivity contribution in [1.29, 1.82) is 0 Å². The van der Waals surface area contributed by atoms with Crippen molar-refractivity contribution in [3.8, 4) is 51.0 Å². The second kappa shape index (κ2) is 12.3. The zero-order chi connectivity index (χ0) is 36.4. The summed E-state index contributed by atoms with van der Waals surface area (Å²) in [5.74, 6) is 1.42. The molecule has 3 heterocycles. The lowest BCUT2D eigenvalue weighted by Gasteiger charge is -2.16. The van der Waals surface area contributed by atoms with E-state index < -0.39 is 11.7 Å². The van der Waals surface area contributed by atoms with Gasteiger partial charge in [-0.05, 0) is 65.7 Å². The van der Waals surface area contributed by atoms with Crippen LogP contribution in [0.5, 0.6) is 0 Å². The zero-order valence-corrected chi connectivity index (χ0v) is 28.4. The fourth-order valence-corrected chi connectivity index (χ4v) is 7.33. The zero-order valence-electron chi connectivity index (χ0n) is 28.4. The molecule has 7 aromatic carbocycles. The lowest BCUT2D eigenvalue weighted by atomic mass is 9.99. The van der Waals surface area contributed by atoms with Gasteiger partial charge in [0.05, 0.1) is 22.3 Å². The Hall–Kier alpha value is -7.06. The number of aromatic nitrogens is 4. The number of hydrogen-bond acceptors (Lipinski definition) is 4. The maximum absolute atomic E-state index is 14.0. The summed E-state index contributed by atoms with van der Waals surface area (Å²) >= 11 is 0. The molecule has 0 aliphatic rings. The van der Waals surface area contributed by atoms with Crippen LogP contribution in [0.25, 0.3) is 94.7 Å². The molecule has 0 aliphatic carbocycles. The predicted molar refractivity (Wildman–Crippen MR) is 208 cm³/mol. The maximum Gasteiger partial charge on any atom is 0.416 e. The van der Waals surface area contributed by atoms with Gasteiger partial charge in [-0.25, -0.2) is 15.0 Å². The molecule has 5 nitrogen and oxygen atoms in total. The molecule has 0 atom stereocenters. The first-order valence-corrected chi connectivity index (χ1v) is 17.4. The van der Waals surface area contributed by atoms with E-state index in [2.05, 4.69) is 12.1 Å². The van der Waals surface area contributed by atoms with E-state index in [0.29, 0.717) is 45.0 Å². The minimum atomic E-state index is -4.49. The molecule has 0 unspecified atom stereocenters. The van der Waals surface area contributed by atoms with Crippen molar-refractivity contribution in [2.45, 2.75) is 6.18 Å². The largest absolute Gasteiger partial charge is 0.456 e. The Morgan fingerprint density at radius 2 is 1.00 bits per heavy atom. The number of para-hydroxylation sites is 2. The van der Waals surface area contributed by atoms with Crippen molar-refractivity contribution in [2.24, 2.45) is 0 Å². The van der Waals surface area contributed by atoms with Gasteiger partial charge in [0.1, 0.15) is 11.2 Å². The molecule has 10 aromatic rings. The monoisotopic (exact) mass is 708 g/mol. The summed E-state index contributed by atoms with van der Waals surface area (Å²) in [5, 5.41) is 3.22. The van der Waals surface area contributed by atoms with Crippen molar-refractivity contribution < 1.29 is 17.6 Å². The number of nitrogens with zero attached hydrogens (tertiary/aromatic N) is 4. The predicted octanol–water partition coefficient (Wildman–Crippen LogP) is 12.6. The SMILES string of the molecule is FC(F)(F)c1ccc2c(c1)c1ccccc1n2-c1ccc(-c2ccc3oc4ccccc4c3c2)cc1-c1nc(-c2ccccc2)nc(-c2ccccc2)n1. The summed E-state index contributed by atoms with van der Waals surface area (Å²) < 4.78 is 50.2. The van der Waals surface area contributed by atoms with E-state index in [1.807, 2.05) is 138 Å². The Labute approximate surface area is 306 Å². The summed E-state index contributed by atoms with van der Waals surface area (Å²) in [6.07, 6.45) is -4.49. The van der Waals surface area contributed by atoms with Gasteiger partial charge < -0.3 is 8.98 Å². The molecular formula is C46H27F3N4O. The van der Waals surface area contributed by atoms with Gasteiger partial charge >= 0.3 is 6.18 Å². The molecule has 0 spiro atoms. The van der Waals surface area contributed by atoms with Crippen molar-refractivity contribution in [1.82, 2.24) is 19.5 Å². The molecule has 0 saturated heterocycles. The normalized spacial score (nSPS) is 12.0. The Morgan fingerprint density at radius 3 is 1.72 bits per heavy atom. The molecule has 3 aromatic heterocycles. The lowest BCUT2D eigenvalue weighted by molar-refractivity contribution is -0.137. The number of benzene rings is 7. The molecule has 10 rings (SSSR count). The van der Waals surface area contributed by atoms with Gasteiger partial charge in [0, 0.05) is 38.2 Å². The highest BCUT2D eigenvalue weighted by atomic mass is 19.4. The Kier molecular flexibility index (Phi) is 7.20. The van der Waals surface area contributed by atoms with Gasteiger partial charge in [-0.15, -0.1) is 0 Å². The molecule has 0 N–H and O–H groups in total. The topological polar surface area (TPSA) is 56.7 Å². The van der Waals surface area contributed by atoms with Crippen LogP contribution >= 0.6 is 0 Å². The van der Waals surface area contributed by atoms with Crippen LogP contribution in [0.4, 0.5) is 13.2 Å². The fourth-order valence-electron chi connectivity index (χ4n) is 7.33. The summed E-state index contributed by atoms with van der Waals surface area (Å²) in [6, 6.07) is 51.1. The third-order valence-electron chi connectivity index (χ3n) is 9.89. The third kappa shape index (κ3) is 5.30. The van der Waals surface area contributed by atoms with Crippen molar-refractivity contribution in [3.05, 3.63) is 169 Å². The van der Waals surface area contributed by atoms with Crippen molar-refractivity contribution >= 4 is 43.7 Å². The van der Waals surface area contributed by atoms with Crippen molar-refractivity contribution in [3.63, 3.8) is 0 Å². The molecular weight excluding hydrogens is 682 g/mol. The third-order valence-corrected chi connectivity index (χ3v) is 9.89. The number of hydrogen-bond donors (Lipinski definition) is 0. The van der Waals surface area contributed by atoms with E-state index in [4.69, 9.17) is 19.4 Å². The molecule has 0 radical (unpaired) electrons. The van der Waals surface area contributed by atoms with Gasteiger partial charge in [0.2, 0.25) is 0 Å². The van der Waals surface area contributed by atoms with Gasteiger partial charge in [-0.2, -0.15) is 13.2 Å². The van der Waals surface area contributed by atoms with E-state index in [1.165, 1.54) is 6.07 Å². The Balaban J connectivity index is 1.27. The molecule has 8 heteroatoms. The number of alkyl halides is 3. The molecule has 258 valence electrons. The molecule has 0 amide bonds. The summed E-state index contributed by atoms with van der Waals surface area (Å²) in [6.45, 7) is 0. The first kappa shape index (κ1) is 31.7. The van der Waals surface area contributed by atoms with Gasteiger partial charge in [0.15, 0.2) is 17.5 Å². The molecule has 0 bridgehead atoms. The van der Waals surface area contributed by atoms with Gasteiger partial charge in [-0.3, -0.25) is 0 Å². The van der Waals surface area contributed by atoms with Crippen LogP contribution in [0.2, 0.25) is 0 Å². The highest BCUT2D eigenvalue weighted by Crippen LogP contribution is 2.41. The minimum absolute atomic E-state index is 0.423. The smallest absolute Gasteiger partial charge is 0.416 e. The van der Waals surface area contributed by atoms with Crippen LogP contribution in [-0.2, 0) is 6.18 Å². The minimum Gasteiger partial charge on any atom is -0.456 e. The first-order chi connectivity index (χ1) is 26.4. The fraction of sp³-hybridized carbons (Fsp3) is 0.0217. The maximum atomic E-state index is 14.0. The number of furan rings is 1. The molecule has 0 saturated carbocycles. The first-order valence-electron chi connectivity index (χ1n) is 17.4. The Bertz CT molecular complexity index is 2980. The van der Waals surface area contributed by atoms with E-state index >= 15 is 0 Å². The van der Waals surface area contributed by atoms with Gasteiger partial charge in [-0.1, -0.05) is 109 Å². The molecule has 54 heavy (non-hydrogen) atoms. The van der Waals surface area contributed by atoms with Gasteiger partial charge in [0.25, 0.3) is 0 Å². The molecule has 0 aliphatic heterocycles. The lowest BCUT2D eigenvalue weighted by Crippen LogP contribution is -2.05. The summed E-state index contributed by atoms with van der Waals surface area (Å²) in [5.41, 5.74) is 7.20. The number of rotatable bonds is 5. The average molecular weight is 709 g/mol. The second-order valence-electron chi connectivity index (χ2n) is 13.2. The highest BCUT2D eigenvalue weighted by molar-refractivity contribution is 6.10. The summed E-state index contributed by atoms with van der Waals surface area (Å²) in [7, 11) is 0. The standard InChI is InChI=1S/C46H27F3N4O/c47-46(48,49)32-21-23-39-35(27-32)33-15-7-9-17-38(33)53(39)40-22-19-30(31-20-24-42-36(25-31)34-16-8-10-18-41(34)54-42)26-37(40)45-51-43(28-11-3-1-4-12-28)50-44(52-45)29-13-5-2-6-14-29/h1-27H. The van der Waals surface area contributed by atoms with Crippen LogP contribution in [-0.4, -0.2) is 19.5 Å². The van der Waals surface area contributed by atoms with Crippen LogP contribution in [0.3, 0.4) is 0 Å². The second-order valence-corrected chi connectivity index (χ2v) is 13.2. The van der Waals surface area contributed by atoms with E-state index in [9.17, 15) is 13.2 Å². The number of halogens is 3. The van der Waals surface area contributed by atoms with Crippen LogP contribution in [0.1, 0.15) is 5.56 Å². The quantitative estimate of drug-likeness (QED) is 0.179.